The lowest BCUT2D eigenvalue weighted by Gasteiger charge is -2.39. The van der Waals surface area contributed by atoms with Gasteiger partial charge in [0.05, 0.1) is 12.6 Å². The Labute approximate surface area is 187 Å². The molecule has 0 amide bonds. The Morgan fingerprint density at radius 3 is 1.97 bits per heavy atom. The second-order valence-corrected chi connectivity index (χ2v) is 8.22. The summed E-state index contributed by atoms with van der Waals surface area (Å²) in [5.74, 6) is 0.583. The SMILES string of the molecule is Fc1ccc(-c2cc(CN3CCN(C(c4ccccc4)c4ccccc4)CC3)on2)cc1. The Bertz CT molecular complexity index is 1080. The second kappa shape index (κ2) is 9.47. The van der Waals surface area contributed by atoms with Crippen molar-refractivity contribution < 1.29 is 8.91 Å². The van der Waals surface area contributed by atoms with Gasteiger partial charge < -0.3 is 4.52 Å². The van der Waals surface area contributed by atoms with Crippen LogP contribution in [0.4, 0.5) is 4.39 Å². The summed E-state index contributed by atoms with van der Waals surface area (Å²) in [5.41, 5.74) is 4.25. The fraction of sp³-hybridized carbons (Fsp3) is 0.222. The summed E-state index contributed by atoms with van der Waals surface area (Å²) in [4.78, 5) is 4.96. The first-order valence-electron chi connectivity index (χ1n) is 11.0. The Morgan fingerprint density at radius 2 is 1.38 bits per heavy atom. The standard InChI is InChI=1S/C27H26FN3O/c28-24-13-11-21(12-14-24)26-19-25(32-29-26)20-30-15-17-31(18-16-30)27(22-7-3-1-4-8-22)23-9-5-2-6-10-23/h1-14,19,27H,15-18,20H2. The van der Waals surface area contributed by atoms with Crippen molar-refractivity contribution in [2.45, 2.75) is 12.6 Å². The lowest BCUT2D eigenvalue weighted by molar-refractivity contribution is 0.0980. The van der Waals surface area contributed by atoms with Crippen LogP contribution in [-0.2, 0) is 6.54 Å². The smallest absolute Gasteiger partial charge is 0.151 e. The van der Waals surface area contributed by atoms with Gasteiger partial charge in [0.2, 0.25) is 0 Å². The van der Waals surface area contributed by atoms with Gasteiger partial charge in [-0.15, -0.1) is 0 Å². The number of piperazine rings is 1. The summed E-state index contributed by atoms with van der Waals surface area (Å²) in [7, 11) is 0. The lowest BCUT2D eigenvalue weighted by Crippen LogP contribution is -2.47. The van der Waals surface area contributed by atoms with Crippen LogP contribution in [0.2, 0.25) is 0 Å². The molecule has 0 saturated carbocycles. The van der Waals surface area contributed by atoms with Crippen LogP contribution < -0.4 is 0 Å². The predicted molar refractivity (Wildman–Crippen MR) is 123 cm³/mol. The molecule has 4 aromatic rings. The molecule has 4 nitrogen and oxygen atoms in total. The maximum atomic E-state index is 13.2. The molecule has 162 valence electrons. The van der Waals surface area contributed by atoms with Crippen LogP contribution in [-0.4, -0.2) is 41.1 Å². The van der Waals surface area contributed by atoms with Crippen molar-refractivity contribution in [3.05, 3.63) is 114 Å². The molecule has 2 heterocycles. The zero-order chi connectivity index (χ0) is 21.8. The Kier molecular flexibility index (Phi) is 6.10. The van der Waals surface area contributed by atoms with Gasteiger partial charge >= 0.3 is 0 Å². The zero-order valence-corrected chi connectivity index (χ0v) is 17.9. The molecule has 1 saturated heterocycles. The van der Waals surface area contributed by atoms with Crippen molar-refractivity contribution >= 4 is 0 Å². The molecule has 0 N–H and O–H groups in total. The number of nitrogens with zero attached hydrogens (tertiary/aromatic N) is 3. The van der Waals surface area contributed by atoms with Crippen LogP contribution in [0.25, 0.3) is 11.3 Å². The predicted octanol–water partition coefficient (Wildman–Crippen LogP) is 5.39. The van der Waals surface area contributed by atoms with Gasteiger partial charge in [0.25, 0.3) is 0 Å². The van der Waals surface area contributed by atoms with E-state index < -0.39 is 0 Å². The molecule has 5 heteroatoms. The maximum Gasteiger partial charge on any atom is 0.151 e. The lowest BCUT2D eigenvalue weighted by atomic mass is 9.96. The quantitative estimate of drug-likeness (QED) is 0.413. The molecule has 1 aliphatic heterocycles. The largest absolute Gasteiger partial charge is 0.359 e. The Morgan fingerprint density at radius 1 is 0.781 bits per heavy atom. The van der Waals surface area contributed by atoms with Crippen LogP contribution in [0.1, 0.15) is 22.9 Å². The van der Waals surface area contributed by atoms with Gasteiger partial charge in [0.1, 0.15) is 11.5 Å². The molecule has 0 unspecified atom stereocenters. The first-order valence-corrected chi connectivity index (χ1v) is 11.0. The van der Waals surface area contributed by atoms with Crippen molar-refractivity contribution in [2.24, 2.45) is 0 Å². The Balaban J connectivity index is 1.25. The van der Waals surface area contributed by atoms with Crippen molar-refractivity contribution in [1.82, 2.24) is 15.0 Å². The summed E-state index contributed by atoms with van der Waals surface area (Å²) < 4.78 is 18.7. The molecular formula is C27H26FN3O. The van der Waals surface area contributed by atoms with Gasteiger partial charge in [-0.25, -0.2) is 4.39 Å². The number of benzene rings is 3. The highest BCUT2D eigenvalue weighted by Crippen LogP contribution is 2.30. The number of hydrogen-bond donors (Lipinski definition) is 0. The molecule has 0 radical (unpaired) electrons. The van der Waals surface area contributed by atoms with E-state index in [0.717, 1.165) is 49.7 Å². The first kappa shape index (κ1) is 20.6. The van der Waals surface area contributed by atoms with E-state index in [2.05, 4.69) is 75.6 Å². The van der Waals surface area contributed by atoms with E-state index in [1.165, 1.54) is 23.3 Å². The molecule has 5 rings (SSSR count). The van der Waals surface area contributed by atoms with Crippen LogP contribution in [0.3, 0.4) is 0 Å². The highest BCUT2D eigenvalue weighted by Gasteiger charge is 2.26. The van der Waals surface area contributed by atoms with Gasteiger partial charge in [-0.3, -0.25) is 9.80 Å². The average Bonchev–Trinajstić information content (AvgIpc) is 3.31. The molecule has 3 aromatic carbocycles. The van der Waals surface area contributed by atoms with Crippen LogP contribution in [0, 0.1) is 5.82 Å². The molecule has 0 atom stereocenters. The number of hydrogen-bond acceptors (Lipinski definition) is 4. The normalized spacial score (nSPS) is 15.3. The highest BCUT2D eigenvalue weighted by molar-refractivity contribution is 5.58. The van der Waals surface area contributed by atoms with E-state index in [0.29, 0.717) is 0 Å². The average molecular weight is 428 g/mol. The summed E-state index contributed by atoms with van der Waals surface area (Å²) in [5, 5.41) is 4.17. The Hall–Kier alpha value is -3.28. The van der Waals surface area contributed by atoms with E-state index >= 15 is 0 Å². The minimum atomic E-state index is -0.250. The van der Waals surface area contributed by atoms with E-state index in [1.807, 2.05) is 6.07 Å². The monoisotopic (exact) mass is 427 g/mol. The number of halogens is 1. The fourth-order valence-electron chi connectivity index (χ4n) is 4.43. The first-order chi connectivity index (χ1) is 15.8. The third-order valence-corrected chi connectivity index (χ3v) is 6.08. The van der Waals surface area contributed by atoms with E-state index in [-0.39, 0.29) is 11.9 Å². The molecule has 1 aliphatic rings. The molecule has 0 bridgehead atoms. The maximum absolute atomic E-state index is 13.2. The topological polar surface area (TPSA) is 32.5 Å². The molecule has 0 spiro atoms. The summed E-state index contributed by atoms with van der Waals surface area (Å²) in [6.07, 6.45) is 0. The fourth-order valence-corrected chi connectivity index (χ4v) is 4.43. The third-order valence-electron chi connectivity index (χ3n) is 6.08. The second-order valence-electron chi connectivity index (χ2n) is 8.22. The molecule has 1 aromatic heterocycles. The van der Waals surface area contributed by atoms with Crippen molar-refractivity contribution in [3.8, 4) is 11.3 Å². The van der Waals surface area contributed by atoms with Crippen molar-refractivity contribution in [2.75, 3.05) is 26.2 Å². The van der Waals surface area contributed by atoms with Gasteiger partial charge in [-0.05, 0) is 35.4 Å². The summed E-state index contributed by atoms with van der Waals surface area (Å²) in [6.45, 7) is 4.61. The minimum Gasteiger partial charge on any atom is -0.359 e. The van der Waals surface area contributed by atoms with Crippen molar-refractivity contribution in [3.63, 3.8) is 0 Å². The molecular weight excluding hydrogens is 401 g/mol. The van der Waals surface area contributed by atoms with Crippen molar-refractivity contribution in [1.29, 1.82) is 0 Å². The minimum absolute atomic E-state index is 0.250. The van der Waals surface area contributed by atoms with Gasteiger partial charge in [-0.1, -0.05) is 65.8 Å². The van der Waals surface area contributed by atoms with Crippen LogP contribution >= 0.6 is 0 Å². The van der Waals surface area contributed by atoms with Gasteiger partial charge in [-0.2, -0.15) is 0 Å². The molecule has 1 fully saturated rings. The van der Waals surface area contributed by atoms with E-state index in [4.69, 9.17) is 4.52 Å². The third kappa shape index (κ3) is 4.64. The number of aromatic nitrogens is 1. The highest BCUT2D eigenvalue weighted by atomic mass is 19.1. The van der Waals surface area contributed by atoms with Crippen LogP contribution in [0.5, 0.6) is 0 Å². The number of rotatable bonds is 6. The van der Waals surface area contributed by atoms with Crippen LogP contribution in [0.15, 0.2) is 95.5 Å². The molecule has 32 heavy (non-hydrogen) atoms. The van der Waals surface area contributed by atoms with E-state index in [1.54, 1.807) is 12.1 Å². The zero-order valence-electron chi connectivity index (χ0n) is 17.9. The van der Waals surface area contributed by atoms with Gasteiger partial charge in [0, 0.05) is 37.8 Å². The summed E-state index contributed by atoms with van der Waals surface area (Å²) in [6, 6.07) is 30.0. The van der Waals surface area contributed by atoms with E-state index in [9.17, 15) is 4.39 Å². The molecule has 0 aliphatic carbocycles. The summed E-state index contributed by atoms with van der Waals surface area (Å²) >= 11 is 0. The van der Waals surface area contributed by atoms with Gasteiger partial charge in [0.15, 0.2) is 5.76 Å².